The average molecular weight is 143 g/mol. The van der Waals surface area contributed by atoms with Gasteiger partial charge in [-0.05, 0) is 20.8 Å². The molecule has 0 radical (unpaired) electrons. The number of hydrogen-bond acceptors (Lipinski definition) is 2. The summed E-state index contributed by atoms with van der Waals surface area (Å²) in [5, 5.41) is 0. The second-order valence-electron chi connectivity index (χ2n) is 3.26. The van der Waals surface area contributed by atoms with Gasteiger partial charge in [0.1, 0.15) is 5.60 Å². The van der Waals surface area contributed by atoms with Crippen LogP contribution in [-0.4, -0.2) is 29.7 Å². The van der Waals surface area contributed by atoms with Crippen LogP contribution in [0.1, 0.15) is 20.8 Å². The van der Waals surface area contributed by atoms with Gasteiger partial charge in [0, 0.05) is 7.05 Å². The molecule has 1 heterocycles. The van der Waals surface area contributed by atoms with Crippen molar-refractivity contribution in [2.45, 2.75) is 32.4 Å². The summed E-state index contributed by atoms with van der Waals surface area (Å²) in [6, 6.07) is 0.167. The topological polar surface area (TPSA) is 29.5 Å². The SMILES string of the molecule is C[C@@H]1N(C)C(=O)OC1(C)C. The molecule has 0 N–H and O–H groups in total. The van der Waals surface area contributed by atoms with E-state index in [1.807, 2.05) is 20.8 Å². The fourth-order valence-electron chi connectivity index (χ4n) is 1.01. The minimum absolute atomic E-state index is 0.167. The molecule has 1 fully saturated rings. The second-order valence-corrected chi connectivity index (χ2v) is 3.26. The quantitative estimate of drug-likeness (QED) is 0.510. The predicted molar refractivity (Wildman–Crippen MR) is 37.8 cm³/mol. The van der Waals surface area contributed by atoms with E-state index in [2.05, 4.69) is 0 Å². The van der Waals surface area contributed by atoms with Gasteiger partial charge in [-0.25, -0.2) is 4.79 Å². The van der Waals surface area contributed by atoms with E-state index in [9.17, 15) is 4.79 Å². The van der Waals surface area contributed by atoms with Crippen LogP contribution in [0.15, 0.2) is 0 Å². The van der Waals surface area contributed by atoms with Gasteiger partial charge in [-0.2, -0.15) is 0 Å². The fourth-order valence-corrected chi connectivity index (χ4v) is 1.01. The van der Waals surface area contributed by atoms with Gasteiger partial charge in [-0.1, -0.05) is 0 Å². The second kappa shape index (κ2) is 1.87. The lowest BCUT2D eigenvalue weighted by Gasteiger charge is -2.22. The van der Waals surface area contributed by atoms with Gasteiger partial charge in [-0.15, -0.1) is 0 Å². The Hall–Kier alpha value is -0.730. The highest BCUT2D eigenvalue weighted by Crippen LogP contribution is 2.26. The number of carbonyl (C=O) groups is 1. The number of hydrogen-bond donors (Lipinski definition) is 0. The van der Waals surface area contributed by atoms with Gasteiger partial charge in [0.25, 0.3) is 0 Å². The summed E-state index contributed by atoms with van der Waals surface area (Å²) in [4.78, 5) is 12.5. The maximum atomic E-state index is 10.9. The van der Waals surface area contributed by atoms with E-state index >= 15 is 0 Å². The molecule has 58 valence electrons. The summed E-state index contributed by atoms with van der Waals surface area (Å²) >= 11 is 0. The smallest absolute Gasteiger partial charge is 0.410 e. The van der Waals surface area contributed by atoms with Gasteiger partial charge in [0.05, 0.1) is 6.04 Å². The van der Waals surface area contributed by atoms with Crippen LogP contribution in [0.4, 0.5) is 4.79 Å². The molecule has 1 amide bonds. The maximum Gasteiger partial charge on any atom is 0.410 e. The highest BCUT2D eigenvalue weighted by molar-refractivity contribution is 5.70. The number of amides is 1. The van der Waals surface area contributed by atoms with Crippen molar-refractivity contribution in [2.24, 2.45) is 0 Å². The standard InChI is InChI=1S/C7H13NO2/c1-5-7(2,3)10-6(9)8(5)4/h5H,1-4H3/t5-/m0/s1. The molecular weight excluding hydrogens is 130 g/mol. The third-order valence-electron chi connectivity index (χ3n) is 2.23. The summed E-state index contributed by atoms with van der Waals surface area (Å²) in [7, 11) is 1.75. The van der Waals surface area contributed by atoms with Crippen molar-refractivity contribution in [1.29, 1.82) is 0 Å². The van der Waals surface area contributed by atoms with E-state index < -0.39 is 0 Å². The van der Waals surface area contributed by atoms with Gasteiger partial charge in [0.2, 0.25) is 0 Å². The maximum absolute atomic E-state index is 10.9. The first-order valence-corrected chi connectivity index (χ1v) is 3.41. The molecule has 0 aliphatic carbocycles. The molecule has 1 rings (SSSR count). The van der Waals surface area contributed by atoms with Crippen LogP contribution in [0.3, 0.4) is 0 Å². The summed E-state index contributed by atoms with van der Waals surface area (Å²) in [5.41, 5.74) is -0.328. The van der Waals surface area contributed by atoms with Crippen LogP contribution < -0.4 is 0 Å². The molecule has 0 aromatic heterocycles. The van der Waals surface area contributed by atoms with Crippen molar-refractivity contribution in [2.75, 3.05) is 7.05 Å². The van der Waals surface area contributed by atoms with Crippen molar-refractivity contribution in [1.82, 2.24) is 4.90 Å². The van der Waals surface area contributed by atoms with Gasteiger partial charge >= 0.3 is 6.09 Å². The van der Waals surface area contributed by atoms with Gasteiger partial charge in [-0.3, -0.25) is 0 Å². The molecule has 0 aromatic rings. The Labute approximate surface area is 61.0 Å². The minimum atomic E-state index is -0.328. The van der Waals surface area contributed by atoms with Crippen LogP contribution >= 0.6 is 0 Å². The first kappa shape index (κ1) is 7.38. The molecular formula is C7H13NO2. The molecule has 0 saturated carbocycles. The molecule has 3 heteroatoms. The molecule has 1 saturated heterocycles. The fraction of sp³-hybridized carbons (Fsp3) is 0.857. The molecule has 0 unspecified atom stereocenters. The lowest BCUT2D eigenvalue weighted by atomic mass is 10.0. The molecule has 1 aliphatic heterocycles. The number of cyclic esters (lactones) is 1. The Bertz CT molecular complexity index is 165. The molecule has 0 bridgehead atoms. The summed E-state index contributed by atoms with van der Waals surface area (Å²) < 4.78 is 5.06. The monoisotopic (exact) mass is 143 g/mol. The normalized spacial score (nSPS) is 30.6. The van der Waals surface area contributed by atoms with Crippen LogP contribution in [0.5, 0.6) is 0 Å². The highest BCUT2D eigenvalue weighted by Gasteiger charge is 2.42. The number of ether oxygens (including phenoxy) is 1. The molecule has 10 heavy (non-hydrogen) atoms. The summed E-state index contributed by atoms with van der Waals surface area (Å²) in [6.45, 7) is 5.81. The zero-order chi connectivity index (χ0) is 7.94. The zero-order valence-corrected chi connectivity index (χ0v) is 6.84. The number of likely N-dealkylation sites (N-methyl/N-ethyl adjacent to an activating group) is 1. The first-order chi connectivity index (χ1) is 4.45. The number of nitrogens with zero attached hydrogens (tertiary/aromatic N) is 1. The van der Waals surface area contributed by atoms with Crippen molar-refractivity contribution in [3.63, 3.8) is 0 Å². The van der Waals surface area contributed by atoms with E-state index in [0.717, 1.165) is 0 Å². The zero-order valence-electron chi connectivity index (χ0n) is 6.84. The highest BCUT2D eigenvalue weighted by atomic mass is 16.6. The van der Waals surface area contributed by atoms with Crippen molar-refractivity contribution in [3.8, 4) is 0 Å². The van der Waals surface area contributed by atoms with Crippen LogP contribution in [-0.2, 0) is 4.74 Å². The third-order valence-corrected chi connectivity index (χ3v) is 2.23. The van der Waals surface area contributed by atoms with E-state index in [1.165, 1.54) is 0 Å². The Kier molecular flexibility index (Phi) is 1.38. The Balaban J connectivity index is 2.81. The molecule has 0 aromatic carbocycles. The van der Waals surface area contributed by atoms with E-state index in [-0.39, 0.29) is 17.7 Å². The number of rotatable bonds is 0. The van der Waals surface area contributed by atoms with E-state index in [1.54, 1.807) is 11.9 Å². The van der Waals surface area contributed by atoms with E-state index in [0.29, 0.717) is 0 Å². The number of carbonyl (C=O) groups excluding carboxylic acids is 1. The van der Waals surface area contributed by atoms with Crippen molar-refractivity contribution < 1.29 is 9.53 Å². The molecule has 3 nitrogen and oxygen atoms in total. The summed E-state index contributed by atoms with van der Waals surface area (Å²) in [5.74, 6) is 0. The van der Waals surface area contributed by atoms with Gasteiger partial charge in [0.15, 0.2) is 0 Å². The largest absolute Gasteiger partial charge is 0.441 e. The lowest BCUT2D eigenvalue weighted by molar-refractivity contribution is 0.0716. The van der Waals surface area contributed by atoms with Gasteiger partial charge < -0.3 is 9.64 Å². The van der Waals surface area contributed by atoms with Crippen molar-refractivity contribution >= 4 is 6.09 Å². The third kappa shape index (κ3) is 0.856. The predicted octanol–water partition coefficient (Wildman–Crippen LogP) is 1.24. The minimum Gasteiger partial charge on any atom is -0.441 e. The van der Waals surface area contributed by atoms with Crippen LogP contribution in [0.2, 0.25) is 0 Å². The Morgan fingerprint density at radius 1 is 1.60 bits per heavy atom. The molecule has 1 atom stereocenters. The van der Waals surface area contributed by atoms with Crippen LogP contribution in [0, 0.1) is 0 Å². The molecule has 0 spiro atoms. The Morgan fingerprint density at radius 3 is 2.20 bits per heavy atom. The molecule has 1 aliphatic rings. The van der Waals surface area contributed by atoms with E-state index in [4.69, 9.17) is 4.74 Å². The Morgan fingerprint density at radius 2 is 2.10 bits per heavy atom. The summed E-state index contributed by atoms with van der Waals surface area (Å²) in [6.07, 6.45) is -0.225. The average Bonchev–Trinajstić information content (AvgIpc) is 1.95. The lowest BCUT2D eigenvalue weighted by Crippen LogP contribution is -2.36. The first-order valence-electron chi connectivity index (χ1n) is 3.41. The van der Waals surface area contributed by atoms with Crippen molar-refractivity contribution in [3.05, 3.63) is 0 Å². The van der Waals surface area contributed by atoms with Crippen LogP contribution in [0.25, 0.3) is 0 Å².